The van der Waals surface area contributed by atoms with Crippen LogP contribution in [0.4, 0.5) is 0 Å². The summed E-state index contributed by atoms with van der Waals surface area (Å²) in [6.07, 6.45) is 3.87. The number of nitrogens with two attached hydrogens (primary N) is 1. The first-order valence-electron chi connectivity index (χ1n) is 6.85. The van der Waals surface area contributed by atoms with Gasteiger partial charge in [-0.15, -0.1) is 0 Å². The van der Waals surface area contributed by atoms with Crippen LogP contribution in [-0.4, -0.2) is 60.7 Å². The molecule has 0 heterocycles. The molecule has 0 spiro atoms. The van der Waals surface area contributed by atoms with E-state index in [1.54, 1.807) is 0 Å². The number of nitrogens with zero attached hydrogens (tertiary/aromatic N) is 1. The van der Waals surface area contributed by atoms with Crippen LogP contribution in [0.3, 0.4) is 0 Å². The zero-order valence-electron chi connectivity index (χ0n) is 11.7. The molecule has 0 bridgehead atoms. The molecule has 0 aliphatic heterocycles. The van der Waals surface area contributed by atoms with E-state index in [1.807, 2.05) is 11.8 Å². The number of carboxylic acids is 1. The Hall–Kier alpha value is -0.585. The van der Waals surface area contributed by atoms with Crippen LogP contribution in [0.2, 0.25) is 6.32 Å². The molecule has 0 aliphatic carbocycles. The molecule has 0 unspecified atom stereocenters. The second-order valence-electron chi connectivity index (χ2n) is 4.83. The Balaban J connectivity index is 4.28. The molecule has 0 radical (unpaired) electrons. The smallest absolute Gasteiger partial charge is 0.323 e. The van der Waals surface area contributed by atoms with Gasteiger partial charge in [0.2, 0.25) is 0 Å². The van der Waals surface area contributed by atoms with Gasteiger partial charge in [-0.05, 0) is 19.4 Å². The van der Waals surface area contributed by atoms with Crippen LogP contribution in [0, 0.1) is 0 Å². The van der Waals surface area contributed by atoms with Crippen molar-refractivity contribution in [3.8, 4) is 0 Å². The average Bonchev–Trinajstić information content (AvgIpc) is 2.34. The molecular weight excluding hydrogens is 231 g/mol. The molecular formula is C12H27BN2O3. The number of rotatable bonds is 11. The third kappa shape index (κ3) is 6.38. The largest absolute Gasteiger partial charge is 0.480 e. The first-order chi connectivity index (χ1) is 8.50. The fourth-order valence-corrected chi connectivity index (χ4v) is 1.96. The van der Waals surface area contributed by atoms with Crippen molar-refractivity contribution in [2.45, 2.75) is 44.5 Å². The number of hydrogen-bond donors (Lipinski definition) is 3. The monoisotopic (exact) mass is 258 g/mol. The highest BCUT2D eigenvalue weighted by Gasteiger charge is 2.33. The molecule has 0 rings (SSSR count). The lowest BCUT2D eigenvalue weighted by molar-refractivity contribution is -0.144. The molecule has 18 heavy (non-hydrogen) atoms. The molecule has 4 N–H and O–H groups in total. The van der Waals surface area contributed by atoms with Crippen LogP contribution in [0.25, 0.3) is 0 Å². The fraction of sp³-hybridized carbons (Fsp3) is 0.917. The quantitative estimate of drug-likeness (QED) is 0.350. The van der Waals surface area contributed by atoms with Gasteiger partial charge in [-0.25, -0.2) is 0 Å². The number of unbranched alkanes of at least 4 members (excludes halogenated alkanes) is 1. The van der Waals surface area contributed by atoms with E-state index in [0.29, 0.717) is 25.9 Å². The van der Waals surface area contributed by atoms with Crippen molar-refractivity contribution in [3.05, 3.63) is 0 Å². The number of aliphatic hydroxyl groups is 1. The summed E-state index contributed by atoms with van der Waals surface area (Å²) in [4.78, 5) is 13.3. The van der Waals surface area contributed by atoms with Gasteiger partial charge in [-0.3, -0.25) is 4.79 Å². The van der Waals surface area contributed by atoms with Gasteiger partial charge >= 0.3 is 5.97 Å². The standard InChI is InChI=1S/C12H27BN2O3/c1-2-15(9-10-16)8-6-12(14,11(17)18)5-3-4-7-13/h16H,2-10,13-14H2,1H3,(H,17,18)/t12-/m1/s1. The van der Waals surface area contributed by atoms with E-state index in [9.17, 15) is 9.90 Å². The Kier molecular flexibility index (Phi) is 9.05. The first kappa shape index (κ1) is 17.4. The molecule has 0 fully saturated rings. The Morgan fingerprint density at radius 1 is 1.33 bits per heavy atom. The summed E-state index contributed by atoms with van der Waals surface area (Å²) in [5.74, 6) is -0.918. The molecule has 0 aromatic rings. The van der Waals surface area contributed by atoms with Crippen molar-refractivity contribution in [1.82, 2.24) is 4.90 Å². The normalized spacial score (nSPS) is 14.7. The van der Waals surface area contributed by atoms with Crippen LogP contribution in [0.5, 0.6) is 0 Å². The summed E-state index contributed by atoms with van der Waals surface area (Å²) in [6, 6.07) is 0. The topological polar surface area (TPSA) is 86.8 Å². The molecule has 0 saturated carbocycles. The van der Waals surface area contributed by atoms with Crippen LogP contribution in [-0.2, 0) is 4.79 Å². The van der Waals surface area contributed by atoms with Crippen molar-refractivity contribution >= 4 is 13.8 Å². The number of aliphatic hydroxyl groups excluding tert-OH is 1. The van der Waals surface area contributed by atoms with Gasteiger partial charge in [0.1, 0.15) is 13.4 Å². The van der Waals surface area contributed by atoms with Crippen LogP contribution in [0.15, 0.2) is 0 Å². The van der Waals surface area contributed by atoms with E-state index in [2.05, 4.69) is 7.85 Å². The number of carboxylic acid groups (broad SMARTS) is 1. The molecule has 0 aromatic heterocycles. The average molecular weight is 258 g/mol. The summed E-state index contributed by atoms with van der Waals surface area (Å²) in [5, 5.41) is 18.1. The lowest BCUT2D eigenvalue weighted by Gasteiger charge is -2.28. The van der Waals surface area contributed by atoms with Gasteiger partial charge < -0.3 is 20.8 Å². The Morgan fingerprint density at radius 2 is 2.00 bits per heavy atom. The number of carbonyl (C=O) groups is 1. The maximum Gasteiger partial charge on any atom is 0.323 e. The summed E-state index contributed by atoms with van der Waals surface area (Å²) in [5.41, 5.74) is 4.87. The van der Waals surface area contributed by atoms with Crippen LogP contribution in [0.1, 0.15) is 32.6 Å². The molecule has 106 valence electrons. The zero-order chi connectivity index (χ0) is 14.0. The third-order valence-electron chi connectivity index (χ3n) is 3.39. The molecule has 0 saturated heterocycles. The summed E-state index contributed by atoms with van der Waals surface area (Å²) in [7, 11) is 2.08. The van der Waals surface area contributed by atoms with E-state index >= 15 is 0 Å². The minimum Gasteiger partial charge on any atom is -0.480 e. The van der Waals surface area contributed by atoms with Crippen molar-refractivity contribution in [2.75, 3.05) is 26.2 Å². The van der Waals surface area contributed by atoms with Gasteiger partial charge in [0.25, 0.3) is 0 Å². The predicted molar refractivity (Wildman–Crippen MR) is 75.6 cm³/mol. The number of hydrogen-bond acceptors (Lipinski definition) is 4. The lowest BCUT2D eigenvalue weighted by Crippen LogP contribution is -2.50. The summed E-state index contributed by atoms with van der Waals surface area (Å²) in [6.45, 7) is 4.07. The molecule has 5 nitrogen and oxygen atoms in total. The minimum atomic E-state index is -1.13. The van der Waals surface area contributed by atoms with Gasteiger partial charge in [-0.2, -0.15) is 0 Å². The molecule has 6 heteroatoms. The van der Waals surface area contributed by atoms with Crippen molar-refractivity contribution in [2.24, 2.45) is 5.73 Å². The van der Waals surface area contributed by atoms with E-state index < -0.39 is 11.5 Å². The molecule has 0 aliphatic rings. The van der Waals surface area contributed by atoms with Gasteiger partial charge in [0.15, 0.2) is 0 Å². The number of aliphatic carboxylic acids is 1. The maximum atomic E-state index is 11.3. The van der Waals surface area contributed by atoms with Crippen molar-refractivity contribution in [1.29, 1.82) is 0 Å². The zero-order valence-corrected chi connectivity index (χ0v) is 11.7. The number of likely N-dealkylation sites (N-methyl/N-ethyl adjacent to an activating group) is 1. The van der Waals surface area contributed by atoms with Gasteiger partial charge in [-0.1, -0.05) is 26.1 Å². The van der Waals surface area contributed by atoms with Crippen molar-refractivity contribution < 1.29 is 15.0 Å². The second-order valence-corrected chi connectivity index (χ2v) is 4.83. The highest BCUT2D eigenvalue weighted by atomic mass is 16.4. The van der Waals surface area contributed by atoms with Crippen LogP contribution < -0.4 is 5.73 Å². The van der Waals surface area contributed by atoms with E-state index in [4.69, 9.17) is 10.8 Å². The predicted octanol–water partition coefficient (Wildman–Crippen LogP) is -0.305. The lowest BCUT2D eigenvalue weighted by atomic mass is 9.88. The minimum absolute atomic E-state index is 0.0916. The summed E-state index contributed by atoms with van der Waals surface area (Å²) >= 11 is 0. The molecule has 0 amide bonds. The van der Waals surface area contributed by atoms with E-state index in [0.717, 1.165) is 25.7 Å². The summed E-state index contributed by atoms with van der Waals surface area (Å²) < 4.78 is 0. The van der Waals surface area contributed by atoms with Gasteiger partial charge in [0.05, 0.1) is 6.61 Å². The molecule has 1 atom stereocenters. The van der Waals surface area contributed by atoms with Gasteiger partial charge in [0, 0.05) is 13.1 Å². The van der Waals surface area contributed by atoms with Crippen molar-refractivity contribution in [3.63, 3.8) is 0 Å². The van der Waals surface area contributed by atoms with Crippen LogP contribution >= 0.6 is 0 Å². The second kappa shape index (κ2) is 9.36. The first-order valence-corrected chi connectivity index (χ1v) is 6.85. The third-order valence-corrected chi connectivity index (χ3v) is 3.39. The molecule has 0 aromatic carbocycles. The highest BCUT2D eigenvalue weighted by Crippen LogP contribution is 2.17. The maximum absolute atomic E-state index is 11.3. The Bertz CT molecular complexity index is 241. The highest BCUT2D eigenvalue weighted by molar-refractivity contribution is 6.08. The Labute approximate surface area is 111 Å². The fourth-order valence-electron chi connectivity index (χ4n) is 1.96. The Morgan fingerprint density at radius 3 is 2.44 bits per heavy atom. The van der Waals surface area contributed by atoms with E-state index in [-0.39, 0.29) is 6.61 Å². The van der Waals surface area contributed by atoms with E-state index in [1.165, 1.54) is 0 Å². The SMILES string of the molecule is BCCCC[C@@](N)(CCN(CC)CCO)C(=O)O.